The van der Waals surface area contributed by atoms with Gasteiger partial charge in [-0.1, -0.05) is 0 Å². The number of rotatable bonds is 10. The Morgan fingerprint density at radius 2 is 1.61 bits per heavy atom. The summed E-state index contributed by atoms with van der Waals surface area (Å²) in [5, 5.41) is 33.0. The van der Waals surface area contributed by atoms with Crippen LogP contribution in [0.1, 0.15) is 40.5 Å². The van der Waals surface area contributed by atoms with E-state index in [0.29, 0.717) is 6.42 Å². The molecule has 0 saturated carbocycles. The van der Waals surface area contributed by atoms with Crippen molar-refractivity contribution in [2.75, 3.05) is 13.2 Å². The third kappa shape index (κ3) is 14.8. The second kappa shape index (κ2) is 16.8. The largest absolute Gasteiger partial charge is 0.481 e. The summed E-state index contributed by atoms with van der Waals surface area (Å²) < 4.78 is 0. The number of carbonyl (C=O) groups is 1. The maximum atomic E-state index is 10.5. The molecule has 0 aromatic heterocycles. The van der Waals surface area contributed by atoms with Gasteiger partial charge in [0.2, 0.25) is 0 Å². The molecular formula is C14H34N6O8. The van der Waals surface area contributed by atoms with Gasteiger partial charge in [-0.05, 0) is 27.7 Å². The van der Waals surface area contributed by atoms with Gasteiger partial charge >= 0.3 is 5.97 Å². The molecule has 0 rings (SSSR count). The lowest BCUT2D eigenvalue weighted by molar-refractivity contribution is -0.239. The lowest BCUT2D eigenvalue weighted by Gasteiger charge is -2.22. The Bertz CT molecular complexity index is 534. The topological polar surface area (TPSA) is 292 Å². The average Bonchev–Trinajstić information content (AvgIpc) is 2.49. The Kier molecular flexibility index (Phi) is 21.9. The molecule has 0 atom stereocenters. The van der Waals surface area contributed by atoms with Crippen molar-refractivity contribution < 1.29 is 42.0 Å². The van der Waals surface area contributed by atoms with Gasteiger partial charge in [0.15, 0.2) is 0 Å². The number of azo groups is 1. The number of carboxylic acids is 1. The molecule has 0 radical (unpaired) electrons. The van der Waals surface area contributed by atoms with Crippen LogP contribution in [0.3, 0.4) is 0 Å². The third-order valence-corrected chi connectivity index (χ3v) is 2.92. The molecule has 0 heterocycles. The van der Waals surface area contributed by atoms with Gasteiger partial charge in [0.25, 0.3) is 0 Å². The predicted octanol–water partition coefficient (Wildman–Crippen LogP) is -1.54. The van der Waals surface area contributed by atoms with Crippen LogP contribution in [0.2, 0.25) is 0 Å². The van der Waals surface area contributed by atoms with Crippen LogP contribution in [0.25, 0.3) is 0 Å². The summed E-state index contributed by atoms with van der Waals surface area (Å²) in [4.78, 5) is 22.3. The zero-order chi connectivity index (χ0) is 18.8. The van der Waals surface area contributed by atoms with Gasteiger partial charge in [0.05, 0.1) is 19.6 Å². The number of nitrogens with zero attached hydrogens (tertiary/aromatic N) is 4. The van der Waals surface area contributed by atoms with Gasteiger partial charge in [0, 0.05) is 12.6 Å². The quantitative estimate of drug-likeness (QED) is 0.0821. The summed E-state index contributed by atoms with van der Waals surface area (Å²) in [6, 6.07) is 0. The van der Waals surface area contributed by atoms with Crippen LogP contribution in [0.4, 0.5) is 0 Å². The zero-order valence-corrected chi connectivity index (χ0v) is 16.5. The fourth-order valence-corrected chi connectivity index (χ4v) is 1.23. The molecular weight excluding hydrogens is 380 g/mol. The van der Waals surface area contributed by atoms with E-state index in [9.17, 15) is 4.79 Å². The van der Waals surface area contributed by atoms with E-state index >= 15 is 0 Å². The van der Waals surface area contributed by atoms with E-state index in [2.05, 4.69) is 25.1 Å². The maximum absolute atomic E-state index is 10.5. The number of carboxylic acid groups (broad SMARTS) is 1. The lowest BCUT2D eigenvalue weighted by Crippen LogP contribution is -2.38. The van der Waals surface area contributed by atoms with Crippen molar-refractivity contribution in [3.8, 4) is 0 Å². The standard InChI is InChI=1S/C14H26N6O4.4H2O/c1-13(2,11(15)17-7-5-9-24-23)19-20-14(3,4)12(16)18-8-6-10(21)22;;;;/h7,15,23H,5-6,8-9H2,1-4H3,(H2,16,18)(H,21,22);4*1H2. The van der Waals surface area contributed by atoms with Crippen molar-refractivity contribution in [2.24, 2.45) is 25.9 Å². The van der Waals surface area contributed by atoms with Gasteiger partial charge in [-0.3, -0.25) is 20.5 Å². The Hall–Kier alpha value is -2.36. The van der Waals surface area contributed by atoms with Gasteiger partial charge in [0.1, 0.15) is 22.7 Å². The van der Waals surface area contributed by atoms with E-state index in [1.807, 2.05) is 0 Å². The van der Waals surface area contributed by atoms with E-state index < -0.39 is 17.0 Å². The minimum absolute atomic E-state index is 0. The van der Waals surface area contributed by atoms with E-state index in [4.69, 9.17) is 21.5 Å². The normalized spacial score (nSPS) is 11.8. The van der Waals surface area contributed by atoms with Gasteiger partial charge < -0.3 is 32.7 Å². The van der Waals surface area contributed by atoms with E-state index in [-0.39, 0.29) is 53.1 Å². The first-order valence-corrected chi connectivity index (χ1v) is 7.37. The molecule has 0 aromatic rings. The number of aliphatic imine (C=N–C) groups is 2. The van der Waals surface area contributed by atoms with E-state index in [1.165, 1.54) is 6.21 Å². The Balaban J connectivity index is -0.000000441. The van der Waals surface area contributed by atoms with Crippen molar-refractivity contribution >= 4 is 23.9 Å². The predicted molar refractivity (Wildman–Crippen MR) is 106 cm³/mol. The molecule has 168 valence electrons. The molecule has 0 aliphatic heterocycles. The first-order chi connectivity index (χ1) is 11.0. The summed E-state index contributed by atoms with van der Waals surface area (Å²) in [7, 11) is 0. The smallest absolute Gasteiger partial charge is 0.305 e. The molecule has 14 nitrogen and oxygen atoms in total. The highest BCUT2D eigenvalue weighted by molar-refractivity contribution is 5.94. The number of hydrogen-bond acceptors (Lipinski definition) is 7. The minimum Gasteiger partial charge on any atom is -0.481 e. The minimum atomic E-state index is -0.977. The Morgan fingerprint density at radius 3 is 2.07 bits per heavy atom. The highest BCUT2D eigenvalue weighted by atomic mass is 17.1. The lowest BCUT2D eigenvalue weighted by atomic mass is 10.0. The van der Waals surface area contributed by atoms with Crippen LogP contribution in [-0.4, -0.2) is 80.4 Å². The number of nitrogens with one attached hydrogen (secondary N) is 1. The first kappa shape index (κ1) is 36.5. The molecule has 0 spiro atoms. The summed E-state index contributed by atoms with van der Waals surface area (Å²) in [5.74, 6) is -0.801. The molecule has 0 aliphatic carbocycles. The fraction of sp³-hybridized carbons (Fsp3) is 0.714. The van der Waals surface area contributed by atoms with Crippen molar-refractivity contribution in [3.63, 3.8) is 0 Å². The fourth-order valence-electron chi connectivity index (χ4n) is 1.23. The zero-order valence-electron chi connectivity index (χ0n) is 16.5. The van der Waals surface area contributed by atoms with Gasteiger partial charge in [-0.15, -0.1) is 0 Å². The third-order valence-electron chi connectivity index (χ3n) is 2.92. The van der Waals surface area contributed by atoms with Crippen LogP contribution in [0.5, 0.6) is 0 Å². The van der Waals surface area contributed by atoms with E-state index in [0.717, 1.165) is 0 Å². The Labute approximate surface area is 162 Å². The summed E-state index contributed by atoms with van der Waals surface area (Å²) in [6.07, 6.45) is 1.69. The molecule has 13 N–H and O–H groups in total. The molecule has 0 amide bonds. The van der Waals surface area contributed by atoms with Crippen LogP contribution < -0.4 is 5.73 Å². The monoisotopic (exact) mass is 414 g/mol. The van der Waals surface area contributed by atoms with Crippen LogP contribution >= 0.6 is 0 Å². The first-order valence-electron chi connectivity index (χ1n) is 7.37. The second-order valence-electron chi connectivity index (χ2n) is 6.01. The van der Waals surface area contributed by atoms with Gasteiger partial charge in [-0.25, -0.2) is 9.88 Å². The van der Waals surface area contributed by atoms with Crippen molar-refractivity contribution in [3.05, 3.63) is 0 Å². The molecule has 28 heavy (non-hydrogen) atoms. The molecule has 14 heteroatoms. The van der Waals surface area contributed by atoms with Crippen LogP contribution in [-0.2, 0) is 9.68 Å². The highest BCUT2D eigenvalue weighted by Gasteiger charge is 2.27. The van der Waals surface area contributed by atoms with Crippen molar-refractivity contribution in [1.29, 1.82) is 5.41 Å². The second-order valence-corrected chi connectivity index (χ2v) is 6.01. The van der Waals surface area contributed by atoms with E-state index in [1.54, 1.807) is 27.7 Å². The SMILES string of the molecule is CC(C)(N=NC(C)(C)C(N)=NCCC(=O)O)C(=N)N=CCCOO.O.O.O.O. The maximum Gasteiger partial charge on any atom is 0.305 e. The molecule has 0 saturated heterocycles. The van der Waals surface area contributed by atoms with Gasteiger partial charge in [-0.2, -0.15) is 10.2 Å². The number of hydrogen-bond donors (Lipinski definition) is 4. The highest BCUT2D eigenvalue weighted by Crippen LogP contribution is 2.18. The molecule has 0 aromatic carbocycles. The van der Waals surface area contributed by atoms with Crippen molar-refractivity contribution in [2.45, 2.75) is 51.6 Å². The molecule has 0 bridgehead atoms. The van der Waals surface area contributed by atoms with Crippen molar-refractivity contribution in [1.82, 2.24) is 0 Å². The molecule has 0 aliphatic rings. The molecule has 0 fully saturated rings. The number of nitrogens with two attached hydrogens (primary N) is 1. The van der Waals surface area contributed by atoms with Crippen LogP contribution in [0.15, 0.2) is 20.2 Å². The number of amidine groups is 2. The van der Waals surface area contributed by atoms with Crippen LogP contribution in [0, 0.1) is 5.41 Å². The summed E-state index contributed by atoms with van der Waals surface area (Å²) in [6.45, 7) is 6.89. The summed E-state index contributed by atoms with van der Waals surface area (Å²) in [5.41, 5.74) is 3.94. The Morgan fingerprint density at radius 1 is 1.11 bits per heavy atom. The number of aliphatic carboxylic acids is 1. The average molecular weight is 414 g/mol. The molecule has 0 unspecified atom stereocenters. The summed E-state index contributed by atoms with van der Waals surface area (Å²) >= 11 is 0.